The van der Waals surface area contributed by atoms with Gasteiger partial charge in [-0.25, -0.2) is 0 Å². The van der Waals surface area contributed by atoms with Crippen molar-refractivity contribution in [2.75, 3.05) is 35.2 Å². The first-order valence-corrected chi connectivity index (χ1v) is 9.06. The molecule has 0 aliphatic heterocycles. The summed E-state index contributed by atoms with van der Waals surface area (Å²) in [6, 6.07) is 13.8. The highest BCUT2D eigenvalue weighted by atomic mass is 35.5. The van der Waals surface area contributed by atoms with Crippen LogP contribution in [0, 0.1) is 6.92 Å². The van der Waals surface area contributed by atoms with Crippen LogP contribution >= 0.6 is 11.6 Å². The number of hydrogen-bond donors (Lipinski definition) is 2. The van der Waals surface area contributed by atoms with Crippen LogP contribution in [-0.2, 0) is 4.79 Å². The number of anilines is 3. The summed E-state index contributed by atoms with van der Waals surface area (Å²) in [6.45, 7) is 8.76. The second-order valence-corrected chi connectivity index (χ2v) is 6.26. The number of hydrogen-bond acceptors (Lipinski definition) is 3. The first kappa shape index (κ1) is 19.1. The third-order valence-corrected chi connectivity index (χ3v) is 4.63. The number of benzene rings is 2. The van der Waals surface area contributed by atoms with E-state index in [1.54, 1.807) is 0 Å². The van der Waals surface area contributed by atoms with E-state index >= 15 is 0 Å². The zero-order chi connectivity index (χ0) is 18.2. The van der Waals surface area contributed by atoms with Crippen LogP contribution in [0.3, 0.4) is 0 Å². The van der Waals surface area contributed by atoms with Gasteiger partial charge in [0.15, 0.2) is 0 Å². The van der Waals surface area contributed by atoms with Crippen LogP contribution in [0.5, 0.6) is 0 Å². The molecule has 0 saturated carbocycles. The minimum Gasteiger partial charge on any atom is -0.385 e. The zero-order valence-electron chi connectivity index (χ0n) is 15.1. The molecular weight excluding hydrogens is 334 g/mol. The molecule has 0 bridgehead atoms. The summed E-state index contributed by atoms with van der Waals surface area (Å²) in [5, 5.41) is 6.85. The predicted octanol–water partition coefficient (Wildman–Crippen LogP) is 4.94. The van der Waals surface area contributed by atoms with Crippen LogP contribution in [0.15, 0.2) is 42.5 Å². The van der Waals surface area contributed by atoms with Gasteiger partial charge in [0.05, 0.1) is 0 Å². The molecule has 0 spiro atoms. The van der Waals surface area contributed by atoms with Crippen molar-refractivity contribution >= 4 is 34.6 Å². The van der Waals surface area contributed by atoms with E-state index < -0.39 is 0 Å². The molecule has 0 aromatic heterocycles. The van der Waals surface area contributed by atoms with Gasteiger partial charge in [0.1, 0.15) is 0 Å². The maximum Gasteiger partial charge on any atom is 0.226 e. The Bertz CT molecular complexity index is 697. The summed E-state index contributed by atoms with van der Waals surface area (Å²) in [4.78, 5) is 14.4. The average molecular weight is 360 g/mol. The summed E-state index contributed by atoms with van der Waals surface area (Å²) in [7, 11) is 0. The largest absolute Gasteiger partial charge is 0.385 e. The lowest BCUT2D eigenvalue weighted by atomic mass is 10.2. The first-order chi connectivity index (χ1) is 12.0. The van der Waals surface area contributed by atoms with E-state index in [0.717, 1.165) is 30.0 Å². The van der Waals surface area contributed by atoms with Gasteiger partial charge in [-0.1, -0.05) is 17.7 Å². The second-order valence-electron chi connectivity index (χ2n) is 5.86. The molecule has 5 heteroatoms. The Morgan fingerprint density at radius 1 is 1.08 bits per heavy atom. The Morgan fingerprint density at radius 2 is 1.76 bits per heavy atom. The van der Waals surface area contributed by atoms with E-state index in [4.69, 9.17) is 11.6 Å². The minimum absolute atomic E-state index is 0.0300. The molecule has 0 heterocycles. The highest BCUT2D eigenvalue weighted by Crippen LogP contribution is 2.23. The Labute approximate surface area is 155 Å². The van der Waals surface area contributed by atoms with Crippen molar-refractivity contribution in [3.63, 3.8) is 0 Å². The highest BCUT2D eigenvalue weighted by molar-refractivity contribution is 6.31. The van der Waals surface area contributed by atoms with Crippen molar-refractivity contribution in [1.29, 1.82) is 0 Å². The third-order valence-electron chi connectivity index (χ3n) is 4.22. The number of rotatable bonds is 8. The lowest BCUT2D eigenvalue weighted by Gasteiger charge is -2.21. The molecule has 0 atom stereocenters. The molecule has 25 heavy (non-hydrogen) atoms. The van der Waals surface area contributed by atoms with Crippen molar-refractivity contribution in [3.05, 3.63) is 53.1 Å². The number of carbonyl (C=O) groups excluding carboxylic acids is 1. The summed E-state index contributed by atoms with van der Waals surface area (Å²) in [5.74, 6) is -0.0300. The molecule has 0 fully saturated rings. The van der Waals surface area contributed by atoms with Crippen LogP contribution in [0.1, 0.15) is 25.8 Å². The summed E-state index contributed by atoms with van der Waals surface area (Å²) < 4.78 is 0. The number of nitrogens with zero attached hydrogens (tertiary/aromatic N) is 1. The van der Waals surface area contributed by atoms with E-state index in [0.29, 0.717) is 18.0 Å². The van der Waals surface area contributed by atoms with E-state index in [1.165, 1.54) is 5.69 Å². The van der Waals surface area contributed by atoms with E-state index in [-0.39, 0.29) is 5.91 Å². The lowest BCUT2D eigenvalue weighted by Crippen LogP contribution is -2.21. The molecule has 1 amide bonds. The van der Waals surface area contributed by atoms with Crippen LogP contribution in [0.4, 0.5) is 17.1 Å². The molecule has 0 aliphatic rings. The molecule has 2 rings (SSSR count). The van der Waals surface area contributed by atoms with Gasteiger partial charge in [0.2, 0.25) is 5.91 Å². The number of amides is 1. The quantitative estimate of drug-likeness (QED) is 0.702. The molecule has 0 saturated heterocycles. The van der Waals surface area contributed by atoms with E-state index in [2.05, 4.69) is 41.5 Å². The minimum atomic E-state index is -0.0300. The Morgan fingerprint density at radius 3 is 2.40 bits per heavy atom. The predicted molar refractivity (Wildman–Crippen MR) is 108 cm³/mol. The Balaban J connectivity index is 1.82. The van der Waals surface area contributed by atoms with Gasteiger partial charge in [-0.05, 0) is 62.7 Å². The molecule has 0 aliphatic carbocycles. The Kier molecular flexibility index (Phi) is 7.14. The molecule has 0 unspecified atom stereocenters. The molecule has 2 aromatic carbocycles. The summed E-state index contributed by atoms with van der Waals surface area (Å²) in [5.41, 5.74) is 3.88. The van der Waals surface area contributed by atoms with Gasteiger partial charge < -0.3 is 15.5 Å². The topological polar surface area (TPSA) is 44.4 Å². The SMILES string of the molecule is CCN(CC)c1ccc(NCCC(=O)Nc2cccc(Cl)c2C)cc1. The summed E-state index contributed by atoms with van der Waals surface area (Å²) in [6.07, 6.45) is 0.393. The van der Waals surface area contributed by atoms with Crippen molar-refractivity contribution in [2.24, 2.45) is 0 Å². The molecule has 2 N–H and O–H groups in total. The molecular formula is C20H26ClN3O. The fraction of sp³-hybridized carbons (Fsp3) is 0.350. The fourth-order valence-electron chi connectivity index (χ4n) is 2.65. The average Bonchev–Trinajstić information content (AvgIpc) is 2.61. The number of nitrogens with one attached hydrogen (secondary N) is 2. The lowest BCUT2D eigenvalue weighted by molar-refractivity contribution is -0.115. The van der Waals surface area contributed by atoms with Crippen molar-refractivity contribution in [1.82, 2.24) is 0 Å². The maximum absolute atomic E-state index is 12.1. The summed E-state index contributed by atoms with van der Waals surface area (Å²) >= 11 is 6.07. The third kappa shape index (κ3) is 5.40. The molecule has 0 radical (unpaired) electrons. The van der Waals surface area contributed by atoms with Crippen LogP contribution < -0.4 is 15.5 Å². The maximum atomic E-state index is 12.1. The van der Waals surface area contributed by atoms with Gasteiger partial charge in [-0.3, -0.25) is 4.79 Å². The Hall–Kier alpha value is -2.20. The van der Waals surface area contributed by atoms with Gasteiger partial charge >= 0.3 is 0 Å². The molecule has 134 valence electrons. The van der Waals surface area contributed by atoms with Crippen LogP contribution in [-0.4, -0.2) is 25.5 Å². The smallest absolute Gasteiger partial charge is 0.226 e. The van der Waals surface area contributed by atoms with Crippen molar-refractivity contribution < 1.29 is 4.79 Å². The van der Waals surface area contributed by atoms with Gasteiger partial charge in [0.25, 0.3) is 0 Å². The van der Waals surface area contributed by atoms with Crippen LogP contribution in [0.2, 0.25) is 5.02 Å². The normalized spacial score (nSPS) is 10.4. The van der Waals surface area contributed by atoms with Crippen molar-refractivity contribution in [3.8, 4) is 0 Å². The van der Waals surface area contributed by atoms with E-state index in [9.17, 15) is 4.79 Å². The van der Waals surface area contributed by atoms with Gasteiger partial charge in [0, 0.05) is 48.1 Å². The first-order valence-electron chi connectivity index (χ1n) is 8.69. The number of carbonyl (C=O) groups is 1. The monoisotopic (exact) mass is 359 g/mol. The van der Waals surface area contributed by atoms with E-state index in [1.807, 2.05) is 37.3 Å². The highest BCUT2D eigenvalue weighted by Gasteiger charge is 2.07. The fourth-order valence-corrected chi connectivity index (χ4v) is 2.83. The molecule has 4 nitrogen and oxygen atoms in total. The second kappa shape index (κ2) is 9.33. The van der Waals surface area contributed by atoms with Crippen LogP contribution in [0.25, 0.3) is 0 Å². The zero-order valence-corrected chi connectivity index (χ0v) is 15.9. The number of halogens is 1. The standard InChI is InChI=1S/C20H26ClN3O/c1-4-24(5-2)17-11-9-16(10-12-17)22-14-13-20(25)23-19-8-6-7-18(21)15(19)3/h6-12,22H,4-5,13-14H2,1-3H3,(H,23,25). The van der Waals surface area contributed by atoms with Gasteiger partial charge in [-0.2, -0.15) is 0 Å². The van der Waals surface area contributed by atoms with Gasteiger partial charge in [-0.15, -0.1) is 0 Å². The molecule has 2 aromatic rings. The van der Waals surface area contributed by atoms with Crippen molar-refractivity contribution in [2.45, 2.75) is 27.2 Å².